The van der Waals surface area contributed by atoms with Gasteiger partial charge in [0.25, 0.3) is 0 Å². The van der Waals surface area contributed by atoms with Crippen molar-refractivity contribution in [1.29, 1.82) is 0 Å². The average molecular weight is 203 g/mol. The Morgan fingerprint density at radius 1 is 1.07 bits per heavy atom. The number of nitrogens with one attached hydrogen (secondary N) is 1. The number of aliphatic hydroxyl groups excluding tert-OH is 3. The van der Waals surface area contributed by atoms with Crippen molar-refractivity contribution < 1.29 is 15.3 Å². The van der Waals surface area contributed by atoms with Crippen LogP contribution in [0, 0.1) is 0 Å². The predicted octanol–water partition coefficient (Wildman–Crippen LogP) is -0.380. The lowest BCUT2D eigenvalue weighted by molar-refractivity contribution is -0.111. The van der Waals surface area contributed by atoms with Gasteiger partial charge in [0, 0.05) is 12.1 Å². The molecule has 0 aromatic rings. The summed E-state index contributed by atoms with van der Waals surface area (Å²) >= 11 is 0. The fourth-order valence-electron chi connectivity index (χ4n) is 1.95. The topological polar surface area (TPSA) is 72.7 Å². The lowest BCUT2D eigenvalue weighted by Gasteiger charge is -2.40. The zero-order chi connectivity index (χ0) is 10.7. The standard InChI is InChI=1S/C10H21NO3/c1-3-4-5-7-9(13)10(14)8(12)6(2)11-7/h6-14H,3-5H2,1-2H3/t6-,7+,8+,9+,10+/m0/s1. The van der Waals surface area contributed by atoms with Gasteiger partial charge in [-0.05, 0) is 13.3 Å². The maximum Gasteiger partial charge on any atom is 0.109 e. The van der Waals surface area contributed by atoms with Crippen LogP contribution in [0.2, 0.25) is 0 Å². The van der Waals surface area contributed by atoms with E-state index in [4.69, 9.17) is 0 Å². The van der Waals surface area contributed by atoms with Gasteiger partial charge in [-0.15, -0.1) is 0 Å². The first kappa shape index (κ1) is 11.9. The number of rotatable bonds is 3. The molecule has 0 unspecified atom stereocenters. The van der Waals surface area contributed by atoms with Crippen LogP contribution in [0.25, 0.3) is 0 Å². The van der Waals surface area contributed by atoms with E-state index in [0.29, 0.717) is 0 Å². The summed E-state index contributed by atoms with van der Waals surface area (Å²) in [4.78, 5) is 0. The molecule has 1 aliphatic rings. The molecular weight excluding hydrogens is 182 g/mol. The van der Waals surface area contributed by atoms with Crippen LogP contribution in [-0.2, 0) is 0 Å². The van der Waals surface area contributed by atoms with Gasteiger partial charge >= 0.3 is 0 Å². The zero-order valence-corrected chi connectivity index (χ0v) is 8.85. The highest BCUT2D eigenvalue weighted by atomic mass is 16.4. The van der Waals surface area contributed by atoms with E-state index in [1.54, 1.807) is 0 Å². The van der Waals surface area contributed by atoms with Gasteiger partial charge in [0.15, 0.2) is 0 Å². The molecule has 0 bridgehead atoms. The molecule has 1 aliphatic heterocycles. The Hall–Kier alpha value is -0.160. The third-order valence-corrected chi connectivity index (χ3v) is 2.97. The van der Waals surface area contributed by atoms with Gasteiger partial charge in [0.05, 0.1) is 12.2 Å². The van der Waals surface area contributed by atoms with Crippen molar-refractivity contribution in [2.24, 2.45) is 0 Å². The first-order valence-electron chi connectivity index (χ1n) is 5.38. The predicted molar refractivity (Wildman–Crippen MR) is 53.9 cm³/mol. The van der Waals surface area contributed by atoms with Gasteiger partial charge in [0.1, 0.15) is 6.10 Å². The minimum absolute atomic E-state index is 0.0941. The molecule has 4 N–H and O–H groups in total. The molecule has 1 fully saturated rings. The molecule has 1 heterocycles. The van der Waals surface area contributed by atoms with E-state index in [9.17, 15) is 15.3 Å². The van der Waals surface area contributed by atoms with E-state index in [-0.39, 0.29) is 12.1 Å². The van der Waals surface area contributed by atoms with E-state index in [2.05, 4.69) is 12.2 Å². The van der Waals surface area contributed by atoms with Gasteiger partial charge in [-0.3, -0.25) is 0 Å². The van der Waals surface area contributed by atoms with Crippen molar-refractivity contribution in [3.8, 4) is 0 Å². The van der Waals surface area contributed by atoms with E-state index in [1.807, 2.05) is 6.92 Å². The zero-order valence-electron chi connectivity index (χ0n) is 8.85. The van der Waals surface area contributed by atoms with Crippen LogP contribution in [-0.4, -0.2) is 45.7 Å². The molecule has 84 valence electrons. The summed E-state index contributed by atoms with van der Waals surface area (Å²) in [6.07, 6.45) is 0.178. The first-order chi connectivity index (χ1) is 6.57. The first-order valence-corrected chi connectivity index (χ1v) is 5.38. The van der Waals surface area contributed by atoms with Crippen LogP contribution >= 0.6 is 0 Å². The normalized spacial score (nSPS) is 43.9. The summed E-state index contributed by atoms with van der Waals surface area (Å²) in [5, 5.41) is 31.8. The second-order valence-electron chi connectivity index (χ2n) is 4.18. The number of aliphatic hydroxyl groups is 3. The van der Waals surface area contributed by atoms with Crippen molar-refractivity contribution in [2.45, 2.75) is 63.5 Å². The molecule has 0 aromatic carbocycles. The van der Waals surface area contributed by atoms with Crippen molar-refractivity contribution in [3.05, 3.63) is 0 Å². The van der Waals surface area contributed by atoms with Gasteiger partial charge in [-0.2, -0.15) is 0 Å². The van der Waals surface area contributed by atoms with E-state index in [0.717, 1.165) is 19.3 Å². The Labute approximate surface area is 85.0 Å². The lowest BCUT2D eigenvalue weighted by Crippen LogP contribution is -2.63. The lowest BCUT2D eigenvalue weighted by atomic mass is 9.88. The fraction of sp³-hybridized carbons (Fsp3) is 1.00. The van der Waals surface area contributed by atoms with Crippen LogP contribution < -0.4 is 5.32 Å². The SMILES string of the molecule is CCCC[C@H]1N[C@@H](C)[C@@H](O)[C@@H](O)[C@@H]1O. The van der Waals surface area contributed by atoms with Gasteiger partial charge in [-0.1, -0.05) is 19.8 Å². The third kappa shape index (κ3) is 2.45. The van der Waals surface area contributed by atoms with Crippen LogP contribution in [0.3, 0.4) is 0 Å². The molecule has 0 spiro atoms. The quantitative estimate of drug-likeness (QED) is 0.504. The van der Waals surface area contributed by atoms with Gasteiger partial charge < -0.3 is 20.6 Å². The molecule has 1 rings (SSSR count). The molecule has 1 saturated heterocycles. The summed E-state index contributed by atoms with van der Waals surface area (Å²) < 4.78 is 0. The number of unbranched alkanes of at least 4 members (excludes halogenated alkanes) is 1. The fourth-order valence-corrected chi connectivity index (χ4v) is 1.95. The molecule has 0 aliphatic carbocycles. The summed E-state index contributed by atoms with van der Waals surface area (Å²) in [6, 6.07) is -0.251. The molecule has 0 radical (unpaired) electrons. The van der Waals surface area contributed by atoms with Crippen molar-refractivity contribution in [2.75, 3.05) is 0 Å². The highest BCUT2D eigenvalue weighted by Gasteiger charge is 2.39. The Balaban J connectivity index is 2.52. The molecule has 0 amide bonds. The van der Waals surface area contributed by atoms with Crippen LogP contribution in [0.5, 0.6) is 0 Å². The summed E-state index contributed by atoms with van der Waals surface area (Å²) in [5.74, 6) is 0. The minimum atomic E-state index is -1.02. The second kappa shape index (κ2) is 5.07. The molecule has 4 nitrogen and oxygen atoms in total. The Morgan fingerprint density at radius 2 is 1.71 bits per heavy atom. The highest BCUT2D eigenvalue weighted by Crippen LogP contribution is 2.18. The molecule has 14 heavy (non-hydrogen) atoms. The maximum absolute atomic E-state index is 9.68. The van der Waals surface area contributed by atoms with Crippen molar-refractivity contribution >= 4 is 0 Å². The number of hydrogen-bond donors (Lipinski definition) is 4. The largest absolute Gasteiger partial charge is 0.389 e. The van der Waals surface area contributed by atoms with Crippen LogP contribution in [0.1, 0.15) is 33.1 Å². The maximum atomic E-state index is 9.68. The molecule has 4 heteroatoms. The highest BCUT2D eigenvalue weighted by molar-refractivity contribution is 4.96. The van der Waals surface area contributed by atoms with Gasteiger partial charge in [0.2, 0.25) is 0 Å². The summed E-state index contributed by atoms with van der Waals surface area (Å²) in [7, 11) is 0. The second-order valence-corrected chi connectivity index (χ2v) is 4.18. The Bertz CT molecular complexity index is 177. The van der Waals surface area contributed by atoms with E-state index >= 15 is 0 Å². The average Bonchev–Trinajstić information content (AvgIpc) is 2.18. The molecular formula is C10H21NO3. The van der Waals surface area contributed by atoms with Crippen LogP contribution in [0.4, 0.5) is 0 Å². The number of hydrogen-bond acceptors (Lipinski definition) is 4. The Kier molecular flexibility index (Phi) is 4.31. The van der Waals surface area contributed by atoms with E-state index in [1.165, 1.54) is 0 Å². The third-order valence-electron chi connectivity index (χ3n) is 2.97. The molecule has 0 aromatic heterocycles. The summed E-state index contributed by atoms with van der Waals surface area (Å²) in [6.45, 7) is 3.91. The molecule has 5 atom stereocenters. The monoisotopic (exact) mass is 203 g/mol. The molecule has 0 saturated carbocycles. The van der Waals surface area contributed by atoms with Crippen molar-refractivity contribution in [1.82, 2.24) is 5.32 Å². The Morgan fingerprint density at radius 3 is 2.29 bits per heavy atom. The summed E-state index contributed by atoms with van der Waals surface area (Å²) in [5.41, 5.74) is 0. The van der Waals surface area contributed by atoms with Gasteiger partial charge in [-0.25, -0.2) is 0 Å². The minimum Gasteiger partial charge on any atom is -0.389 e. The smallest absolute Gasteiger partial charge is 0.109 e. The van der Waals surface area contributed by atoms with Crippen molar-refractivity contribution in [3.63, 3.8) is 0 Å². The number of piperidine rings is 1. The van der Waals surface area contributed by atoms with Crippen LogP contribution in [0.15, 0.2) is 0 Å². The van der Waals surface area contributed by atoms with E-state index < -0.39 is 18.3 Å².